The van der Waals surface area contributed by atoms with Crippen LogP contribution < -0.4 is 5.32 Å². The number of nitrogens with zero attached hydrogens (tertiary/aromatic N) is 1. The number of nitrogens with one attached hydrogen (secondary N) is 1. The van der Waals surface area contributed by atoms with Crippen LogP contribution in [0.15, 0.2) is 51.9 Å². The van der Waals surface area contributed by atoms with Gasteiger partial charge >= 0.3 is 0 Å². The van der Waals surface area contributed by atoms with Gasteiger partial charge in [0.15, 0.2) is 0 Å². The molecule has 0 unspecified atom stereocenters. The van der Waals surface area contributed by atoms with Crippen molar-refractivity contribution in [1.29, 1.82) is 0 Å². The van der Waals surface area contributed by atoms with E-state index in [2.05, 4.69) is 10.3 Å². The summed E-state index contributed by atoms with van der Waals surface area (Å²) < 4.78 is 10.6. The fourth-order valence-electron chi connectivity index (χ4n) is 2.94. The van der Waals surface area contributed by atoms with Crippen molar-refractivity contribution >= 4 is 34.5 Å². The predicted octanol–water partition coefficient (Wildman–Crippen LogP) is 3.21. The molecule has 124 valence electrons. The molecule has 6 nitrogen and oxygen atoms in total. The average molecular weight is 334 g/mol. The summed E-state index contributed by atoms with van der Waals surface area (Å²) in [6, 6.07) is 12.4. The molecule has 0 saturated carbocycles. The maximum Gasteiger partial charge on any atom is 0.258 e. The molecule has 0 atom stereocenters. The summed E-state index contributed by atoms with van der Waals surface area (Å²) >= 11 is 0. The Labute approximate surface area is 143 Å². The molecule has 2 aromatic carbocycles. The van der Waals surface area contributed by atoms with Gasteiger partial charge in [-0.3, -0.25) is 19.9 Å². The molecule has 1 aliphatic heterocycles. The third kappa shape index (κ3) is 2.62. The topological polar surface area (TPSA) is 80.9 Å². The number of imide groups is 1. The Morgan fingerprint density at radius 1 is 1.08 bits per heavy atom. The molecule has 0 radical (unpaired) electrons. The van der Waals surface area contributed by atoms with Gasteiger partial charge in [-0.2, -0.15) is 0 Å². The van der Waals surface area contributed by atoms with E-state index in [0.29, 0.717) is 40.3 Å². The predicted molar refractivity (Wildman–Crippen MR) is 92.4 cm³/mol. The van der Waals surface area contributed by atoms with E-state index < -0.39 is 0 Å². The van der Waals surface area contributed by atoms with Gasteiger partial charge in [-0.1, -0.05) is 12.1 Å². The average Bonchev–Trinajstić information content (AvgIpc) is 3.06. The SMILES string of the molecule is COCc1ccc(C=Nc2ccc3c4c(cccc24)C(=O)NC3=O)o1. The number of methoxy groups -OCH3 is 1. The number of hydrogen-bond donors (Lipinski definition) is 1. The first-order chi connectivity index (χ1) is 12.2. The summed E-state index contributed by atoms with van der Waals surface area (Å²) in [7, 11) is 1.60. The lowest BCUT2D eigenvalue weighted by atomic mass is 9.94. The number of amides is 2. The lowest BCUT2D eigenvalue weighted by Crippen LogP contribution is -2.34. The minimum absolute atomic E-state index is 0.389. The first-order valence-corrected chi connectivity index (χ1v) is 7.70. The summed E-state index contributed by atoms with van der Waals surface area (Å²) in [6.07, 6.45) is 1.61. The zero-order valence-electron chi connectivity index (χ0n) is 13.4. The molecular formula is C19H14N2O4. The first-order valence-electron chi connectivity index (χ1n) is 7.70. The summed E-state index contributed by atoms with van der Waals surface area (Å²) in [6.45, 7) is 0.395. The van der Waals surface area contributed by atoms with E-state index >= 15 is 0 Å². The van der Waals surface area contributed by atoms with Crippen molar-refractivity contribution in [1.82, 2.24) is 5.32 Å². The highest BCUT2D eigenvalue weighted by molar-refractivity contribution is 6.26. The summed E-state index contributed by atoms with van der Waals surface area (Å²) in [5.74, 6) is 0.531. The van der Waals surface area contributed by atoms with Gasteiger partial charge in [-0.05, 0) is 30.3 Å². The van der Waals surface area contributed by atoms with Crippen LogP contribution in [0.1, 0.15) is 32.2 Å². The lowest BCUT2D eigenvalue weighted by Gasteiger charge is -2.17. The van der Waals surface area contributed by atoms with Crippen LogP contribution in [-0.4, -0.2) is 25.1 Å². The zero-order chi connectivity index (χ0) is 17.4. The second-order valence-corrected chi connectivity index (χ2v) is 5.64. The molecule has 25 heavy (non-hydrogen) atoms. The van der Waals surface area contributed by atoms with E-state index in [-0.39, 0.29) is 11.8 Å². The molecule has 2 heterocycles. The van der Waals surface area contributed by atoms with Crippen LogP contribution in [0.25, 0.3) is 10.8 Å². The van der Waals surface area contributed by atoms with Crippen molar-refractivity contribution < 1.29 is 18.7 Å². The second kappa shape index (κ2) is 5.99. The molecule has 6 heteroatoms. The minimum atomic E-state index is -0.389. The third-order valence-electron chi connectivity index (χ3n) is 4.03. The number of carbonyl (C=O) groups is 2. The van der Waals surface area contributed by atoms with Crippen molar-refractivity contribution in [2.45, 2.75) is 6.61 Å². The van der Waals surface area contributed by atoms with Gasteiger partial charge in [0.25, 0.3) is 11.8 Å². The Balaban J connectivity index is 1.79. The molecule has 1 aliphatic rings. The molecule has 2 amide bonds. The largest absolute Gasteiger partial charge is 0.458 e. The molecule has 0 saturated heterocycles. The monoisotopic (exact) mass is 334 g/mol. The summed E-state index contributed by atoms with van der Waals surface area (Å²) in [5.41, 5.74) is 1.61. The lowest BCUT2D eigenvalue weighted by molar-refractivity contribution is 0.0845. The normalized spacial score (nSPS) is 13.6. The van der Waals surface area contributed by atoms with E-state index in [1.807, 2.05) is 12.1 Å². The van der Waals surface area contributed by atoms with E-state index in [0.717, 1.165) is 5.39 Å². The van der Waals surface area contributed by atoms with Crippen LogP contribution in [0, 0.1) is 0 Å². The van der Waals surface area contributed by atoms with Crippen LogP contribution in [0.3, 0.4) is 0 Å². The highest BCUT2D eigenvalue weighted by Gasteiger charge is 2.25. The Hall–Kier alpha value is -3.25. The fourth-order valence-corrected chi connectivity index (χ4v) is 2.94. The molecule has 1 N–H and O–H groups in total. The van der Waals surface area contributed by atoms with Crippen LogP contribution in [0.2, 0.25) is 0 Å². The highest BCUT2D eigenvalue weighted by Crippen LogP contribution is 2.33. The smallest absolute Gasteiger partial charge is 0.258 e. The van der Waals surface area contributed by atoms with Crippen LogP contribution >= 0.6 is 0 Å². The summed E-state index contributed by atoms with van der Waals surface area (Å²) in [5, 5.41) is 3.72. The molecule has 4 rings (SSSR count). The van der Waals surface area contributed by atoms with Crippen molar-refractivity contribution in [2.24, 2.45) is 4.99 Å². The number of hydrogen-bond acceptors (Lipinski definition) is 5. The Kier molecular flexibility index (Phi) is 3.66. The van der Waals surface area contributed by atoms with E-state index in [1.54, 1.807) is 43.7 Å². The molecular weight excluding hydrogens is 320 g/mol. The maximum absolute atomic E-state index is 12.0. The zero-order valence-corrected chi connectivity index (χ0v) is 13.4. The van der Waals surface area contributed by atoms with Crippen LogP contribution in [0.5, 0.6) is 0 Å². The number of ether oxygens (including phenoxy) is 1. The fraction of sp³-hybridized carbons (Fsp3) is 0.105. The maximum atomic E-state index is 12.0. The van der Waals surface area contributed by atoms with Gasteiger partial charge in [0, 0.05) is 29.0 Å². The van der Waals surface area contributed by atoms with E-state index in [1.165, 1.54) is 0 Å². The first kappa shape index (κ1) is 15.3. The molecule has 0 spiro atoms. The van der Waals surface area contributed by atoms with Gasteiger partial charge in [0.05, 0.1) is 11.9 Å². The second-order valence-electron chi connectivity index (χ2n) is 5.64. The molecule has 0 bridgehead atoms. The Morgan fingerprint density at radius 2 is 1.88 bits per heavy atom. The number of furan rings is 1. The molecule has 1 aromatic heterocycles. The van der Waals surface area contributed by atoms with Crippen molar-refractivity contribution in [2.75, 3.05) is 7.11 Å². The van der Waals surface area contributed by atoms with Crippen molar-refractivity contribution in [3.05, 3.63) is 65.1 Å². The van der Waals surface area contributed by atoms with E-state index in [9.17, 15) is 9.59 Å². The Morgan fingerprint density at radius 3 is 2.68 bits per heavy atom. The van der Waals surface area contributed by atoms with Gasteiger partial charge in [0.1, 0.15) is 18.1 Å². The molecule has 0 fully saturated rings. The Bertz CT molecular complexity index is 1010. The number of carbonyl (C=O) groups excluding carboxylic acids is 2. The minimum Gasteiger partial charge on any atom is -0.458 e. The number of aliphatic imine (C=N–C) groups is 1. The molecule has 3 aromatic rings. The highest BCUT2D eigenvalue weighted by atomic mass is 16.5. The quantitative estimate of drug-likeness (QED) is 0.587. The van der Waals surface area contributed by atoms with Gasteiger partial charge < -0.3 is 9.15 Å². The van der Waals surface area contributed by atoms with Crippen LogP contribution in [0.4, 0.5) is 5.69 Å². The van der Waals surface area contributed by atoms with Crippen molar-refractivity contribution in [3.8, 4) is 0 Å². The van der Waals surface area contributed by atoms with Gasteiger partial charge in [0.2, 0.25) is 0 Å². The summed E-state index contributed by atoms with van der Waals surface area (Å²) in [4.78, 5) is 28.5. The van der Waals surface area contributed by atoms with Crippen molar-refractivity contribution in [3.63, 3.8) is 0 Å². The third-order valence-corrected chi connectivity index (χ3v) is 4.03. The van der Waals surface area contributed by atoms with Gasteiger partial charge in [-0.25, -0.2) is 0 Å². The van der Waals surface area contributed by atoms with Gasteiger partial charge in [-0.15, -0.1) is 0 Å². The molecule has 0 aliphatic carbocycles. The van der Waals surface area contributed by atoms with Crippen LogP contribution in [-0.2, 0) is 11.3 Å². The number of benzene rings is 2. The van der Waals surface area contributed by atoms with E-state index in [4.69, 9.17) is 9.15 Å². The standard InChI is InChI=1S/C19H14N2O4/c1-24-10-12-6-5-11(25-12)9-20-16-8-7-15-17-13(16)3-2-4-14(17)18(22)21-19(15)23/h2-9H,10H2,1H3,(H,21,22,23). The number of rotatable bonds is 4.